The first kappa shape index (κ1) is 11.4. The van der Waals surface area contributed by atoms with Crippen LogP contribution in [0.4, 0.5) is 0 Å². The molecule has 0 heterocycles. The third-order valence-electron chi connectivity index (χ3n) is 4.77. The molecule has 1 heteroatoms. The lowest BCUT2D eigenvalue weighted by Crippen LogP contribution is -2.17. The summed E-state index contributed by atoms with van der Waals surface area (Å²) >= 11 is 0. The average molecular weight is 210 g/mol. The first-order chi connectivity index (χ1) is 7.29. The number of aliphatic hydroxyl groups excluding tert-OH is 1. The molecule has 4 unspecified atom stereocenters. The predicted molar refractivity (Wildman–Crippen MR) is 63.7 cm³/mol. The monoisotopic (exact) mass is 210 g/mol. The minimum absolute atomic E-state index is 0.388. The minimum Gasteiger partial charge on any atom is -0.396 e. The zero-order valence-corrected chi connectivity index (χ0v) is 10.1. The Hall–Kier alpha value is -0.0400. The van der Waals surface area contributed by atoms with Crippen LogP contribution in [0.15, 0.2) is 0 Å². The van der Waals surface area contributed by atoms with E-state index in [0.29, 0.717) is 6.61 Å². The molecule has 0 aliphatic heterocycles. The molecule has 0 spiro atoms. The lowest BCUT2D eigenvalue weighted by molar-refractivity contribution is 0.226. The second kappa shape index (κ2) is 5.34. The topological polar surface area (TPSA) is 20.2 Å². The SMILES string of the molecule is CC1CC(CCCO)CC2CCCC1C2. The molecule has 88 valence electrons. The predicted octanol–water partition coefficient (Wildman–Crippen LogP) is 3.61. The summed E-state index contributed by atoms with van der Waals surface area (Å²) in [5.41, 5.74) is 0. The Labute approximate surface area is 94.3 Å². The van der Waals surface area contributed by atoms with E-state index in [1.54, 1.807) is 0 Å². The molecule has 2 bridgehead atoms. The van der Waals surface area contributed by atoms with Gasteiger partial charge in [-0.05, 0) is 55.8 Å². The summed E-state index contributed by atoms with van der Waals surface area (Å²) in [7, 11) is 0. The molecule has 0 aromatic rings. The van der Waals surface area contributed by atoms with Crippen LogP contribution in [-0.2, 0) is 0 Å². The van der Waals surface area contributed by atoms with E-state index in [1.807, 2.05) is 0 Å². The molecule has 0 radical (unpaired) electrons. The molecule has 0 amide bonds. The summed E-state index contributed by atoms with van der Waals surface area (Å²) in [4.78, 5) is 0. The maximum atomic E-state index is 8.92. The molecule has 2 aliphatic carbocycles. The van der Waals surface area contributed by atoms with Crippen molar-refractivity contribution in [2.45, 2.75) is 58.3 Å². The average Bonchev–Trinajstić information content (AvgIpc) is 2.35. The van der Waals surface area contributed by atoms with Crippen molar-refractivity contribution in [3.05, 3.63) is 0 Å². The molecule has 0 saturated heterocycles. The number of rotatable bonds is 3. The number of hydrogen-bond acceptors (Lipinski definition) is 1. The van der Waals surface area contributed by atoms with Gasteiger partial charge < -0.3 is 5.11 Å². The van der Waals surface area contributed by atoms with Gasteiger partial charge in [-0.2, -0.15) is 0 Å². The van der Waals surface area contributed by atoms with Crippen molar-refractivity contribution in [1.29, 1.82) is 0 Å². The second-order valence-electron chi connectivity index (χ2n) is 5.97. The number of aliphatic hydroxyl groups is 1. The Morgan fingerprint density at radius 3 is 2.80 bits per heavy atom. The van der Waals surface area contributed by atoms with Gasteiger partial charge in [0, 0.05) is 6.61 Å². The highest BCUT2D eigenvalue weighted by Crippen LogP contribution is 2.44. The van der Waals surface area contributed by atoms with Gasteiger partial charge in [0.05, 0.1) is 0 Å². The first-order valence-corrected chi connectivity index (χ1v) is 6.90. The van der Waals surface area contributed by atoms with E-state index in [9.17, 15) is 0 Å². The fourth-order valence-corrected chi connectivity index (χ4v) is 3.96. The second-order valence-corrected chi connectivity index (χ2v) is 5.97. The summed E-state index contributed by atoms with van der Waals surface area (Å²) in [6, 6.07) is 0. The Balaban J connectivity index is 1.91. The maximum absolute atomic E-state index is 8.92. The van der Waals surface area contributed by atoms with Crippen LogP contribution in [0, 0.1) is 23.7 Å². The van der Waals surface area contributed by atoms with Crippen LogP contribution in [0.5, 0.6) is 0 Å². The fraction of sp³-hybridized carbons (Fsp3) is 1.00. The minimum atomic E-state index is 0.388. The normalized spacial score (nSPS) is 41.2. The molecule has 4 atom stereocenters. The highest BCUT2D eigenvalue weighted by Gasteiger charge is 2.32. The van der Waals surface area contributed by atoms with Gasteiger partial charge in [0.2, 0.25) is 0 Å². The summed E-state index contributed by atoms with van der Waals surface area (Å²) in [5.74, 6) is 3.92. The van der Waals surface area contributed by atoms with E-state index in [2.05, 4.69) is 6.92 Å². The van der Waals surface area contributed by atoms with Gasteiger partial charge in [-0.15, -0.1) is 0 Å². The number of hydrogen-bond donors (Lipinski definition) is 1. The van der Waals surface area contributed by atoms with Crippen molar-refractivity contribution in [1.82, 2.24) is 0 Å². The van der Waals surface area contributed by atoms with Crippen LogP contribution in [0.3, 0.4) is 0 Å². The smallest absolute Gasteiger partial charge is 0.0431 e. The Kier molecular flexibility index (Phi) is 4.07. The Morgan fingerprint density at radius 1 is 1.13 bits per heavy atom. The molecular formula is C14H26O. The van der Waals surface area contributed by atoms with Crippen molar-refractivity contribution in [2.75, 3.05) is 6.61 Å². The largest absolute Gasteiger partial charge is 0.396 e. The van der Waals surface area contributed by atoms with Crippen molar-refractivity contribution in [3.63, 3.8) is 0 Å². The third-order valence-corrected chi connectivity index (χ3v) is 4.77. The zero-order chi connectivity index (χ0) is 10.7. The highest BCUT2D eigenvalue weighted by molar-refractivity contribution is 4.83. The molecule has 2 rings (SSSR count). The van der Waals surface area contributed by atoms with Crippen LogP contribution in [0.25, 0.3) is 0 Å². The molecular weight excluding hydrogens is 184 g/mol. The van der Waals surface area contributed by atoms with Crippen molar-refractivity contribution in [3.8, 4) is 0 Å². The molecule has 2 aliphatic rings. The van der Waals surface area contributed by atoms with E-state index in [1.165, 1.54) is 44.9 Å². The lowest BCUT2D eigenvalue weighted by Gasteiger charge is -2.29. The van der Waals surface area contributed by atoms with Crippen molar-refractivity contribution in [2.24, 2.45) is 23.7 Å². The summed E-state index contributed by atoms with van der Waals surface area (Å²) < 4.78 is 0. The molecule has 0 aromatic heterocycles. The summed E-state index contributed by atoms with van der Waals surface area (Å²) in [6.07, 6.45) is 11.1. The quantitative estimate of drug-likeness (QED) is 0.754. The van der Waals surface area contributed by atoms with E-state index in [4.69, 9.17) is 5.11 Å². The highest BCUT2D eigenvalue weighted by atomic mass is 16.2. The van der Waals surface area contributed by atoms with Gasteiger partial charge in [-0.25, -0.2) is 0 Å². The van der Waals surface area contributed by atoms with Gasteiger partial charge in [0.1, 0.15) is 0 Å². The van der Waals surface area contributed by atoms with E-state index in [-0.39, 0.29) is 0 Å². The molecule has 2 saturated carbocycles. The van der Waals surface area contributed by atoms with E-state index in [0.717, 1.165) is 30.1 Å². The molecule has 0 aromatic carbocycles. The number of fused-ring (bicyclic) bond motifs is 2. The zero-order valence-electron chi connectivity index (χ0n) is 10.1. The van der Waals surface area contributed by atoms with Crippen LogP contribution in [-0.4, -0.2) is 11.7 Å². The van der Waals surface area contributed by atoms with E-state index < -0.39 is 0 Å². The van der Waals surface area contributed by atoms with Gasteiger partial charge in [0.15, 0.2) is 0 Å². The standard InChI is InChI=1S/C14H26O/c1-11-8-12(5-3-7-15)9-13-4-2-6-14(11)10-13/h11-15H,2-10H2,1H3. The first-order valence-electron chi connectivity index (χ1n) is 6.90. The van der Waals surface area contributed by atoms with Crippen molar-refractivity contribution >= 4 is 0 Å². The summed E-state index contributed by atoms with van der Waals surface area (Å²) in [5, 5.41) is 8.92. The van der Waals surface area contributed by atoms with Gasteiger partial charge in [-0.3, -0.25) is 0 Å². The van der Waals surface area contributed by atoms with Crippen LogP contribution >= 0.6 is 0 Å². The molecule has 1 nitrogen and oxygen atoms in total. The lowest BCUT2D eigenvalue weighted by atomic mass is 9.77. The fourth-order valence-electron chi connectivity index (χ4n) is 3.96. The third kappa shape index (κ3) is 2.96. The Morgan fingerprint density at radius 2 is 2.00 bits per heavy atom. The molecule has 15 heavy (non-hydrogen) atoms. The summed E-state index contributed by atoms with van der Waals surface area (Å²) in [6.45, 7) is 2.85. The van der Waals surface area contributed by atoms with Gasteiger partial charge in [-0.1, -0.05) is 26.2 Å². The molecule has 2 fully saturated rings. The van der Waals surface area contributed by atoms with Gasteiger partial charge in [0.25, 0.3) is 0 Å². The Bertz CT molecular complexity index is 186. The maximum Gasteiger partial charge on any atom is 0.0431 e. The van der Waals surface area contributed by atoms with Crippen LogP contribution < -0.4 is 0 Å². The van der Waals surface area contributed by atoms with Crippen LogP contribution in [0.1, 0.15) is 58.3 Å². The molecule has 1 N–H and O–H groups in total. The van der Waals surface area contributed by atoms with Crippen molar-refractivity contribution < 1.29 is 5.11 Å². The van der Waals surface area contributed by atoms with Gasteiger partial charge >= 0.3 is 0 Å². The van der Waals surface area contributed by atoms with Crippen LogP contribution in [0.2, 0.25) is 0 Å². The van der Waals surface area contributed by atoms with E-state index >= 15 is 0 Å².